The monoisotopic (exact) mass is 627 g/mol. The van der Waals surface area contributed by atoms with E-state index in [0.29, 0.717) is 42.2 Å². The number of anilines is 2. The highest BCUT2D eigenvalue weighted by Gasteiger charge is 2.52. The fourth-order valence-corrected chi connectivity index (χ4v) is 7.00. The number of benzene rings is 3. The molecule has 0 spiro atoms. The zero-order valence-corrected chi connectivity index (χ0v) is 26.1. The van der Waals surface area contributed by atoms with E-state index in [0.717, 1.165) is 35.2 Å². The van der Waals surface area contributed by atoms with Gasteiger partial charge in [-0.15, -0.1) is 0 Å². The van der Waals surface area contributed by atoms with Crippen LogP contribution in [0.2, 0.25) is 5.02 Å². The van der Waals surface area contributed by atoms with Crippen molar-refractivity contribution in [2.45, 2.75) is 63.8 Å². The number of nitrogens with zero attached hydrogens (tertiary/aromatic N) is 3. The number of halogens is 1. The van der Waals surface area contributed by atoms with Crippen LogP contribution in [0.1, 0.15) is 54.9 Å². The van der Waals surface area contributed by atoms with Gasteiger partial charge in [0.25, 0.3) is 5.91 Å². The van der Waals surface area contributed by atoms with Crippen LogP contribution in [0, 0.1) is 5.92 Å². The van der Waals surface area contributed by atoms with E-state index < -0.39 is 17.4 Å². The standard InChI is InChI=1S/C36H38ClN3O5/c1-24(8-6-14-34(43)39-22-27-11-3-2-10-26(27)19-30(39)23-41)36(45)31-20-28(37)15-16-32(31)40(35(36)44)21-25-9-7-12-29(18-25)38-17-5-4-13-33(38)42/h2-3,6-12,15-16,18,20,24,30,41,45H,4-5,13-14,17,19,21-23H2,1H3/b8-6+/t24-,30-,36+/m0/s1. The zero-order valence-electron chi connectivity index (χ0n) is 25.4. The molecule has 6 rings (SSSR count). The van der Waals surface area contributed by atoms with Crippen LogP contribution in [0.5, 0.6) is 0 Å². The molecule has 0 saturated carbocycles. The Kier molecular flexibility index (Phi) is 8.82. The summed E-state index contributed by atoms with van der Waals surface area (Å²) in [6, 6.07) is 20.3. The van der Waals surface area contributed by atoms with Gasteiger partial charge in [0.15, 0.2) is 5.60 Å². The number of aliphatic hydroxyl groups is 2. The van der Waals surface area contributed by atoms with Gasteiger partial charge in [0, 0.05) is 48.1 Å². The second-order valence-electron chi connectivity index (χ2n) is 12.2. The van der Waals surface area contributed by atoms with Crippen molar-refractivity contribution in [3.63, 3.8) is 0 Å². The Morgan fingerprint density at radius 3 is 2.64 bits per heavy atom. The van der Waals surface area contributed by atoms with Crippen molar-refractivity contribution in [3.8, 4) is 0 Å². The van der Waals surface area contributed by atoms with Gasteiger partial charge in [-0.3, -0.25) is 14.4 Å². The van der Waals surface area contributed by atoms with Crippen molar-refractivity contribution in [1.82, 2.24) is 4.90 Å². The highest BCUT2D eigenvalue weighted by atomic mass is 35.5. The van der Waals surface area contributed by atoms with Crippen molar-refractivity contribution in [3.05, 3.63) is 106 Å². The molecule has 3 amide bonds. The molecule has 3 heterocycles. The minimum atomic E-state index is -1.89. The fraction of sp³-hybridized carbons (Fsp3) is 0.361. The van der Waals surface area contributed by atoms with Crippen LogP contribution < -0.4 is 9.80 Å². The van der Waals surface area contributed by atoms with Crippen molar-refractivity contribution in [1.29, 1.82) is 0 Å². The van der Waals surface area contributed by atoms with Crippen LogP contribution in [0.4, 0.5) is 11.4 Å². The van der Waals surface area contributed by atoms with E-state index in [9.17, 15) is 24.6 Å². The van der Waals surface area contributed by atoms with Gasteiger partial charge in [0.1, 0.15) is 0 Å². The van der Waals surface area contributed by atoms with E-state index in [1.54, 1.807) is 52.0 Å². The lowest BCUT2D eigenvalue weighted by atomic mass is 9.83. The predicted octanol–water partition coefficient (Wildman–Crippen LogP) is 5.12. The minimum absolute atomic E-state index is 0.0708. The van der Waals surface area contributed by atoms with Gasteiger partial charge in [0.2, 0.25) is 11.8 Å². The lowest BCUT2D eigenvalue weighted by Gasteiger charge is -2.36. The molecule has 1 fully saturated rings. The molecule has 8 nitrogen and oxygen atoms in total. The molecule has 0 radical (unpaired) electrons. The third-order valence-electron chi connectivity index (χ3n) is 9.38. The van der Waals surface area contributed by atoms with Crippen LogP contribution in [-0.4, -0.2) is 52.0 Å². The predicted molar refractivity (Wildman–Crippen MR) is 174 cm³/mol. The zero-order chi connectivity index (χ0) is 31.7. The maximum atomic E-state index is 14.1. The van der Waals surface area contributed by atoms with Gasteiger partial charge in [-0.05, 0) is 66.3 Å². The van der Waals surface area contributed by atoms with E-state index in [2.05, 4.69) is 0 Å². The molecule has 2 N–H and O–H groups in total. The molecule has 3 atom stereocenters. The average molecular weight is 628 g/mol. The Morgan fingerprint density at radius 1 is 1.07 bits per heavy atom. The van der Waals surface area contributed by atoms with Gasteiger partial charge in [-0.1, -0.05) is 67.1 Å². The van der Waals surface area contributed by atoms with Crippen molar-refractivity contribution >= 4 is 40.7 Å². The number of carbonyl (C=O) groups is 3. The number of carbonyl (C=O) groups excluding carboxylic acids is 3. The first-order valence-corrected chi connectivity index (χ1v) is 16.0. The molecule has 1 saturated heterocycles. The van der Waals surface area contributed by atoms with Crippen molar-refractivity contribution in [2.75, 3.05) is 23.0 Å². The number of piperidine rings is 1. The fourth-order valence-electron chi connectivity index (χ4n) is 6.83. The molecule has 3 aliphatic heterocycles. The van der Waals surface area contributed by atoms with Gasteiger partial charge < -0.3 is 24.9 Å². The molecule has 234 valence electrons. The number of fused-ring (bicyclic) bond motifs is 2. The molecular formula is C36H38ClN3O5. The number of aliphatic hydroxyl groups excluding tert-OH is 1. The van der Waals surface area contributed by atoms with Gasteiger partial charge in [0.05, 0.1) is 24.9 Å². The van der Waals surface area contributed by atoms with Crippen LogP contribution >= 0.6 is 11.6 Å². The van der Waals surface area contributed by atoms with Gasteiger partial charge >= 0.3 is 0 Å². The first-order valence-electron chi connectivity index (χ1n) is 15.6. The first-order chi connectivity index (χ1) is 21.7. The molecule has 3 aromatic rings. The van der Waals surface area contributed by atoms with Crippen molar-refractivity contribution in [2.24, 2.45) is 5.92 Å². The third-order valence-corrected chi connectivity index (χ3v) is 9.62. The summed E-state index contributed by atoms with van der Waals surface area (Å²) in [5.41, 5.74) is 2.94. The highest BCUT2D eigenvalue weighted by Crippen LogP contribution is 2.47. The largest absolute Gasteiger partial charge is 0.394 e. The molecule has 0 unspecified atom stereocenters. The number of hydrogen-bond donors (Lipinski definition) is 2. The van der Waals surface area contributed by atoms with Crippen molar-refractivity contribution < 1.29 is 24.6 Å². The topological polar surface area (TPSA) is 101 Å². The summed E-state index contributed by atoms with van der Waals surface area (Å²) >= 11 is 6.36. The average Bonchev–Trinajstić information content (AvgIpc) is 3.26. The van der Waals surface area contributed by atoms with Crippen LogP contribution in [0.15, 0.2) is 78.9 Å². The van der Waals surface area contributed by atoms with E-state index in [-0.39, 0.29) is 37.4 Å². The number of hydrogen-bond acceptors (Lipinski definition) is 5. The van der Waals surface area contributed by atoms with Gasteiger partial charge in [-0.25, -0.2) is 0 Å². The molecule has 9 heteroatoms. The second-order valence-corrected chi connectivity index (χ2v) is 12.7. The van der Waals surface area contributed by atoms with Crippen LogP contribution in [0.25, 0.3) is 0 Å². The lowest BCUT2D eigenvalue weighted by Crippen LogP contribution is -2.46. The number of amides is 3. The summed E-state index contributed by atoms with van der Waals surface area (Å²) in [6.07, 6.45) is 6.44. The maximum absolute atomic E-state index is 14.1. The van der Waals surface area contributed by atoms with Gasteiger partial charge in [-0.2, -0.15) is 0 Å². The Morgan fingerprint density at radius 2 is 1.87 bits per heavy atom. The summed E-state index contributed by atoms with van der Waals surface area (Å²) in [5.74, 6) is -1.18. The molecular weight excluding hydrogens is 590 g/mol. The molecule has 0 aromatic heterocycles. The lowest BCUT2D eigenvalue weighted by molar-refractivity contribution is -0.139. The van der Waals surface area contributed by atoms with E-state index >= 15 is 0 Å². The number of rotatable bonds is 8. The van der Waals surface area contributed by atoms with E-state index in [4.69, 9.17) is 11.6 Å². The summed E-state index contributed by atoms with van der Waals surface area (Å²) < 4.78 is 0. The molecule has 3 aromatic carbocycles. The SMILES string of the molecule is C[C@@H](/C=C/CC(=O)N1Cc2ccccc2C[C@H]1CO)[C@]1(O)C(=O)N(Cc2cccc(N3CCCCC3=O)c2)c2ccc(Cl)cc21. The quantitative estimate of drug-likeness (QED) is 0.338. The van der Waals surface area contributed by atoms with E-state index in [1.807, 2.05) is 48.5 Å². The summed E-state index contributed by atoms with van der Waals surface area (Å²) in [4.78, 5) is 44.9. The van der Waals surface area contributed by atoms with Crippen LogP contribution in [0.3, 0.4) is 0 Å². The van der Waals surface area contributed by atoms with Crippen LogP contribution in [-0.2, 0) is 39.5 Å². The molecule has 0 aliphatic carbocycles. The van der Waals surface area contributed by atoms with E-state index in [1.165, 1.54) is 0 Å². The molecule has 0 bridgehead atoms. The molecule has 45 heavy (non-hydrogen) atoms. The smallest absolute Gasteiger partial charge is 0.264 e. The Balaban J connectivity index is 1.20. The second kappa shape index (κ2) is 12.8. The Labute approximate surface area is 268 Å². The summed E-state index contributed by atoms with van der Waals surface area (Å²) in [5, 5.41) is 22.4. The summed E-state index contributed by atoms with van der Waals surface area (Å²) in [6.45, 7) is 2.94. The minimum Gasteiger partial charge on any atom is -0.394 e. The third kappa shape index (κ3) is 5.90. The normalized spacial score (nSPS) is 22.1. The summed E-state index contributed by atoms with van der Waals surface area (Å²) in [7, 11) is 0. The highest BCUT2D eigenvalue weighted by molar-refractivity contribution is 6.31. The Hall–Kier alpha value is -3.98. The maximum Gasteiger partial charge on any atom is 0.264 e. The first kappa shape index (κ1) is 31.0. The molecule has 3 aliphatic rings. The Bertz CT molecular complexity index is 1660.